The number of nitrogens with two attached hydrogens (primary N) is 1. The average Bonchev–Trinajstić information content (AvgIpc) is 2.56. The fraction of sp³-hybridized carbons (Fsp3) is 0.231. The molecule has 0 fully saturated rings. The Morgan fingerprint density at radius 2 is 1.64 bits per heavy atom. The molecular formula is C13H12F3N5O4. The number of aromatic nitrogens is 4. The van der Waals surface area contributed by atoms with Gasteiger partial charge in [-0.2, -0.15) is 13.2 Å². The average molecular weight is 359 g/mol. The van der Waals surface area contributed by atoms with E-state index in [1.165, 1.54) is 6.33 Å². The van der Waals surface area contributed by atoms with Crippen molar-refractivity contribution in [3.05, 3.63) is 36.2 Å². The van der Waals surface area contributed by atoms with Crippen LogP contribution in [0.3, 0.4) is 0 Å². The molecule has 1 aromatic heterocycles. The minimum atomic E-state index is -5.19. The van der Waals surface area contributed by atoms with Gasteiger partial charge in [-0.05, 0) is 0 Å². The molecule has 12 heteroatoms. The first-order valence-corrected chi connectivity index (χ1v) is 6.61. The normalized spacial score (nSPS) is 10.5. The lowest BCUT2D eigenvalue weighted by Gasteiger charge is -2.03. The van der Waals surface area contributed by atoms with Crippen LogP contribution in [0.1, 0.15) is 5.56 Å². The van der Waals surface area contributed by atoms with E-state index in [-0.39, 0.29) is 6.54 Å². The fourth-order valence-corrected chi connectivity index (χ4v) is 1.47. The second-order valence-electron chi connectivity index (χ2n) is 4.44. The van der Waals surface area contributed by atoms with Crippen molar-refractivity contribution in [2.75, 3.05) is 6.54 Å². The molecule has 1 aromatic carbocycles. The number of rotatable bonds is 5. The van der Waals surface area contributed by atoms with Gasteiger partial charge in [-0.3, -0.25) is 0 Å². The summed E-state index contributed by atoms with van der Waals surface area (Å²) in [5.41, 5.74) is 1.87. The highest BCUT2D eigenvalue weighted by atomic mass is 19.4. The van der Waals surface area contributed by atoms with E-state index in [9.17, 15) is 18.0 Å². The van der Waals surface area contributed by atoms with Crippen LogP contribution in [0.2, 0.25) is 0 Å². The first-order valence-electron chi connectivity index (χ1n) is 6.61. The Balaban J connectivity index is 0.000000381. The highest BCUT2D eigenvalue weighted by Crippen LogP contribution is 2.13. The molecule has 9 nitrogen and oxygen atoms in total. The van der Waals surface area contributed by atoms with Gasteiger partial charge in [0, 0.05) is 11.1 Å². The number of carboxylic acid groups (broad SMARTS) is 2. The number of halogens is 3. The van der Waals surface area contributed by atoms with Crippen molar-refractivity contribution in [1.29, 1.82) is 0 Å². The zero-order chi connectivity index (χ0) is 18.9. The van der Waals surface area contributed by atoms with Crippen LogP contribution in [0.25, 0.3) is 11.4 Å². The maximum absolute atomic E-state index is 10.5. The van der Waals surface area contributed by atoms with Crippen molar-refractivity contribution in [2.45, 2.75) is 12.7 Å². The molecule has 0 saturated heterocycles. The van der Waals surface area contributed by atoms with Crippen molar-refractivity contribution in [2.24, 2.45) is 0 Å². The van der Waals surface area contributed by atoms with Gasteiger partial charge in [0.05, 0.1) is 0 Å². The molecule has 0 bridgehead atoms. The van der Waals surface area contributed by atoms with Gasteiger partial charge in [0.15, 0.2) is 12.9 Å². The summed E-state index contributed by atoms with van der Waals surface area (Å²) in [4.78, 5) is 19.2. The lowest BCUT2D eigenvalue weighted by atomic mass is 10.1. The molecule has 0 unspecified atom stereocenters. The van der Waals surface area contributed by atoms with Crippen LogP contribution < -0.4 is 10.4 Å². The monoisotopic (exact) mass is 359 g/mol. The second-order valence-corrected chi connectivity index (χ2v) is 4.44. The molecule has 0 amide bonds. The summed E-state index contributed by atoms with van der Waals surface area (Å²) in [6.07, 6.45) is -3.92. The number of quaternary nitrogens is 1. The van der Waals surface area contributed by atoms with Crippen molar-refractivity contribution < 1.29 is 38.3 Å². The van der Waals surface area contributed by atoms with Crippen LogP contribution in [0.15, 0.2) is 30.6 Å². The highest BCUT2D eigenvalue weighted by Gasteiger charge is 2.28. The predicted octanol–water partition coefficient (Wildman–Crippen LogP) is -1.62. The number of hydrogen-bond donors (Lipinski definition) is 2. The predicted molar refractivity (Wildman–Crippen MR) is 72.3 cm³/mol. The molecule has 25 heavy (non-hydrogen) atoms. The van der Waals surface area contributed by atoms with Gasteiger partial charge in [-0.1, -0.05) is 24.3 Å². The molecule has 0 aliphatic carbocycles. The van der Waals surface area contributed by atoms with Gasteiger partial charge in [0.25, 0.3) is 0 Å². The van der Waals surface area contributed by atoms with Crippen LogP contribution in [-0.2, 0) is 16.1 Å². The van der Waals surface area contributed by atoms with Gasteiger partial charge >= 0.3 is 12.1 Å². The summed E-state index contributed by atoms with van der Waals surface area (Å²) >= 11 is 0. The molecule has 3 N–H and O–H groups in total. The number of hydrogen-bond acceptors (Lipinski definition) is 7. The Morgan fingerprint density at radius 3 is 2.08 bits per heavy atom. The number of carboxylic acids is 2. The number of carbonyl (C=O) groups is 2. The second kappa shape index (κ2) is 9.22. The van der Waals surface area contributed by atoms with Crippen LogP contribution >= 0.6 is 0 Å². The molecule has 0 aliphatic rings. The SMILES string of the molecule is O=C(O)C[NH2+]Cc1ccc(-c2nncnn2)cc1.O=C([O-])C(F)(F)F. The molecule has 0 atom stereocenters. The van der Waals surface area contributed by atoms with E-state index in [0.29, 0.717) is 12.4 Å². The molecule has 1 heterocycles. The number of carbonyl (C=O) groups excluding carboxylic acids is 1. The van der Waals surface area contributed by atoms with Crippen molar-refractivity contribution in [3.8, 4) is 11.4 Å². The number of nitrogens with zero attached hydrogens (tertiary/aromatic N) is 4. The quantitative estimate of drug-likeness (QED) is 0.648. The number of aliphatic carboxylic acids is 2. The Kier molecular flexibility index (Phi) is 7.34. The molecule has 0 spiro atoms. The summed E-state index contributed by atoms with van der Waals surface area (Å²) < 4.78 is 31.5. The van der Waals surface area contributed by atoms with E-state index in [2.05, 4.69) is 20.4 Å². The fourth-order valence-electron chi connectivity index (χ4n) is 1.47. The maximum atomic E-state index is 10.5. The maximum Gasteiger partial charge on any atom is 0.430 e. The van der Waals surface area contributed by atoms with Gasteiger partial charge in [-0.25, -0.2) is 4.79 Å². The minimum absolute atomic E-state index is 0.0669. The minimum Gasteiger partial charge on any atom is -0.542 e. The first kappa shape index (κ1) is 19.9. The molecule has 2 aromatic rings. The molecule has 0 radical (unpaired) electrons. The largest absolute Gasteiger partial charge is 0.542 e. The molecule has 0 saturated carbocycles. The van der Waals surface area contributed by atoms with Gasteiger partial charge in [-0.15, -0.1) is 20.4 Å². The van der Waals surface area contributed by atoms with Crippen LogP contribution in [0, 0.1) is 0 Å². The van der Waals surface area contributed by atoms with E-state index < -0.39 is 18.1 Å². The van der Waals surface area contributed by atoms with Gasteiger partial charge < -0.3 is 20.3 Å². The Labute approximate surface area is 138 Å². The Hall–Kier alpha value is -3.15. The zero-order valence-electron chi connectivity index (χ0n) is 12.5. The summed E-state index contributed by atoms with van der Waals surface area (Å²) in [7, 11) is 0. The van der Waals surface area contributed by atoms with Gasteiger partial charge in [0.1, 0.15) is 12.5 Å². The van der Waals surface area contributed by atoms with E-state index in [1.807, 2.05) is 24.3 Å². The van der Waals surface area contributed by atoms with E-state index in [1.54, 1.807) is 5.32 Å². The van der Waals surface area contributed by atoms with E-state index in [0.717, 1.165) is 11.1 Å². The van der Waals surface area contributed by atoms with E-state index in [4.69, 9.17) is 15.0 Å². The van der Waals surface area contributed by atoms with Crippen LogP contribution in [-0.4, -0.2) is 50.2 Å². The Bertz CT molecular complexity index is 695. The third kappa shape index (κ3) is 7.78. The summed E-state index contributed by atoms with van der Waals surface area (Å²) in [5.74, 6) is -3.35. The molecule has 134 valence electrons. The van der Waals surface area contributed by atoms with Crippen molar-refractivity contribution in [1.82, 2.24) is 20.4 Å². The van der Waals surface area contributed by atoms with Gasteiger partial charge in [0.2, 0.25) is 5.82 Å². The third-order valence-electron chi connectivity index (χ3n) is 2.55. The topological polar surface area (TPSA) is 146 Å². The van der Waals surface area contributed by atoms with E-state index >= 15 is 0 Å². The van der Waals surface area contributed by atoms with Crippen LogP contribution in [0.4, 0.5) is 13.2 Å². The number of alkyl halides is 3. The summed E-state index contributed by atoms with van der Waals surface area (Å²) in [6, 6.07) is 7.54. The van der Waals surface area contributed by atoms with Crippen molar-refractivity contribution >= 4 is 11.9 Å². The molecular weight excluding hydrogens is 347 g/mol. The van der Waals surface area contributed by atoms with Crippen LogP contribution in [0.5, 0.6) is 0 Å². The standard InChI is InChI=1S/C11H11N5O2.C2HF3O2/c17-10(18)6-12-5-8-1-3-9(4-2-8)11-15-13-7-14-16-11;3-2(4,5)1(6)7/h1-4,7,12H,5-6H2,(H,17,18);(H,6,7). The van der Waals surface area contributed by atoms with Crippen molar-refractivity contribution in [3.63, 3.8) is 0 Å². The molecule has 2 rings (SSSR count). The molecule has 0 aliphatic heterocycles. The lowest BCUT2D eigenvalue weighted by molar-refractivity contribution is -0.661. The Morgan fingerprint density at radius 1 is 1.12 bits per heavy atom. The smallest absolute Gasteiger partial charge is 0.430 e. The first-order chi connectivity index (χ1) is 11.7. The number of benzene rings is 1. The summed E-state index contributed by atoms with van der Waals surface area (Å²) in [6.45, 7) is 0.691. The third-order valence-corrected chi connectivity index (χ3v) is 2.55. The summed E-state index contributed by atoms with van der Waals surface area (Å²) in [5, 5.41) is 34.1. The zero-order valence-corrected chi connectivity index (χ0v) is 12.5. The lowest BCUT2D eigenvalue weighted by Crippen LogP contribution is -2.84. The highest BCUT2D eigenvalue weighted by molar-refractivity contribution is 5.70.